The van der Waals surface area contributed by atoms with Crippen molar-refractivity contribution in [3.63, 3.8) is 0 Å². The van der Waals surface area contributed by atoms with E-state index >= 15 is 0 Å². The number of benzene rings is 1. The minimum absolute atomic E-state index is 0.122. The van der Waals surface area contributed by atoms with E-state index < -0.39 is 27.5 Å². The monoisotopic (exact) mass is 472 g/mol. The van der Waals surface area contributed by atoms with Crippen LogP contribution in [0.15, 0.2) is 82.4 Å². The standard InChI is InChI=1S/C24H30N2O4P2/c1-19-9-5-7-15-23(19,3)29-31(27)25-17-21-11-13-22(14-12-21)18-26-32(28)30-24(4)16-8-6-10-20(24)2/h5-16,19-20H,17-18H2,1-4H3. The smallest absolute Gasteiger partial charge is 0.342 e. The summed E-state index contributed by atoms with van der Waals surface area (Å²) in [5, 5.41) is 0. The highest BCUT2D eigenvalue weighted by Crippen LogP contribution is 2.37. The summed E-state index contributed by atoms with van der Waals surface area (Å²) in [6.07, 6.45) is 15.6. The molecule has 6 nitrogen and oxygen atoms in total. The van der Waals surface area contributed by atoms with Crippen molar-refractivity contribution < 1.29 is 18.8 Å². The summed E-state index contributed by atoms with van der Waals surface area (Å²) in [6.45, 7) is 8.46. The fourth-order valence-corrected chi connectivity index (χ4v) is 5.09. The van der Waals surface area contributed by atoms with Crippen LogP contribution in [0.4, 0.5) is 0 Å². The van der Waals surface area contributed by atoms with Crippen molar-refractivity contribution in [2.24, 2.45) is 21.3 Å². The molecule has 2 aliphatic rings. The molecule has 6 unspecified atom stereocenters. The first-order valence-corrected chi connectivity index (χ1v) is 12.9. The summed E-state index contributed by atoms with van der Waals surface area (Å²) < 4.78 is 19.8. The minimum Gasteiger partial charge on any atom is -0.583 e. The van der Waals surface area contributed by atoms with E-state index in [1.807, 2.05) is 101 Å². The van der Waals surface area contributed by atoms with Crippen LogP contribution < -0.4 is 9.79 Å². The molecule has 0 amide bonds. The molecule has 32 heavy (non-hydrogen) atoms. The van der Waals surface area contributed by atoms with Crippen LogP contribution in [0.3, 0.4) is 0 Å². The Bertz CT molecular complexity index is 905. The molecule has 3 rings (SSSR count). The van der Waals surface area contributed by atoms with Crippen LogP contribution in [0.1, 0.15) is 38.8 Å². The molecular formula is C24H30N2O4P2. The van der Waals surface area contributed by atoms with Gasteiger partial charge < -0.3 is 9.79 Å². The van der Waals surface area contributed by atoms with Gasteiger partial charge in [0.25, 0.3) is 0 Å². The Morgan fingerprint density at radius 3 is 1.47 bits per heavy atom. The third-order valence-corrected chi connectivity index (χ3v) is 7.84. The van der Waals surface area contributed by atoms with Crippen molar-refractivity contribution in [3.05, 3.63) is 84.0 Å². The summed E-state index contributed by atoms with van der Waals surface area (Å²) >= 11 is 0. The number of rotatable bonds is 8. The summed E-state index contributed by atoms with van der Waals surface area (Å²) in [7, 11) is -4.27. The second kappa shape index (κ2) is 10.9. The lowest BCUT2D eigenvalue weighted by molar-refractivity contribution is -0.184. The normalized spacial score (nSPS) is 30.2. The zero-order valence-electron chi connectivity index (χ0n) is 18.9. The molecule has 0 saturated heterocycles. The lowest BCUT2D eigenvalue weighted by atomic mass is 9.87. The summed E-state index contributed by atoms with van der Waals surface area (Å²) in [5.74, 6) is 0.244. The summed E-state index contributed by atoms with van der Waals surface area (Å²) in [4.78, 5) is 24.6. The van der Waals surface area contributed by atoms with Gasteiger partial charge >= 0.3 is 16.3 Å². The van der Waals surface area contributed by atoms with E-state index in [-0.39, 0.29) is 11.8 Å². The maximum absolute atomic E-state index is 12.3. The van der Waals surface area contributed by atoms with Crippen LogP contribution in [0, 0.1) is 11.8 Å². The largest absolute Gasteiger partial charge is 0.583 e. The van der Waals surface area contributed by atoms with Crippen molar-refractivity contribution in [3.8, 4) is 0 Å². The van der Waals surface area contributed by atoms with E-state index in [9.17, 15) is 9.79 Å². The van der Waals surface area contributed by atoms with Gasteiger partial charge in [0.1, 0.15) is 24.3 Å². The van der Waals surface area contributed by atoms with Gasteiger partial charge in [-0.15, -0.1) is 0 Å². The SMILES string of the molecule is CC1C=CC=CC1(C)O[P+]([O-])=NCc1ccc(CN=[P+]([O-])OC2(C)C=CC=CC2C)cc1. The van der Waals surface area contributed by atoms with Crippen molar-refractivity contribution in [1.29, 1.82) is 0 Å². The van der Waals surface area contributed by atoms with Crippen molar-refractivity contribution in [2.75, 3.05) is 0 Å². The molecule has 2 aliphatic carbocycles. The Balaban J connectivity index is 1.52. The van der Waals surface area contributed by atoms with Crippen molar-refractivity contribution in [1.82, 2.24) is 0 Å². The van der Waals surface area contributed by atoms with Crippen LogP contribution in [-0.2, 0) is 22.1 Å². The molecule has 6 atom stereocenters. The van der Waals surface area contributed by atoms with Crippen LogP contribution in [0.25, 0.3) is 0 Å². The third-order valence-electron chi connectivity index (χ3n) is 5.99. The molecule has 8 heteroatoms. The molecule has 0 aliphatic heterocycles. The first kappa shape index (κ1) is 24.9. The number of allylic oxidation sites excluding steroid dienone is 4. The molecule has 0 bridgehead atoms. The van der Waals surface area contributed by atoms with E-state index in [0.29, 0.717) is 13.1 Å². The molecule has 0 spiro atoms. The highest BCUT2D eigenvalue weighted by molar-refractivity contribution is 7.33. The van der Waals surface area contributed by atoms with E-state index in [4.69, 9.17) is 9.05 Å². The van der Waals surface area contributed by atoms with Crippen molar-refractivity contribution in [2.45, 2.75) is 52.0 Å². The molecule has 0 heterocycles. The van der Waals surface area contributed by atoms with Gasteiger partial charge in [0.15, 0.2) is 0 Å². The van der Waals surface area contributed by atoms with Gasteiger partial charge in [-0.25, -0.2) is 0 Å². The van der Waals surface area contributed by atoms with Gasteiger partial charge in [0.2, 0.25) is 0 Å². The minimum atomic E-state index is -2.14. The maximum atomic E-state index is 12.3. The molecule has 1 aromatic carbocycles. The van der Waals surface area contributed by atoms with Gasteiger partial charge in [0, 0.05) is 11.8 Å². The second-order valence-electron chi connectivity index (χ2n) is 8.51. The quantitative estimate of drug-likeness (QED) is 0.469. The Labute approximate surface area is 192 Å². The first-order valence-electron chi connectivity index (χ1n) is 10.7. The van der Waals surface area contributed by atoms with Crippen LogP contribution >= 0.6 is 16.3 Å². The molecule has 1 aromatic rings. The zero-order valence-corrected chi connectivity index (χ0v) is 20.7. The molecular weight excluding hydrogens is 442 g/mol. The van der Waals surface area contributed by atoms with Gasteiger partial charge in [-0.1, -0.05) is 84.1 Å². The van der Waals surface area contributed by atoms with Gasteiger partial charge in [-0.2, -0.15) is 9.05 Å². The molecule has 0 aromatic heterocycles. The van der Waals surface area contributed by atoms with Crippen LogP contribution in [-0.4, -0.2) is 11.2 Å². The molecule has 0 radical (unpaired) electrons. The van der Waals surface area contributed by atoms with Crippen LogP contribution in [0.2, 0.25) is 0 Å². The molecule has 0 saturated carbocycles. The molecule has 0 fully saturated rings. The lowest BCUT2D eigenvalue weighted by Crippen LogP contribution is -2.33. The predicted molar refractivity (Wildman–Crippen MR) is 126 cm³/mol. The van der Waals surface area contributed by atoms with Crippen LogP contribution in [0.5, 0.6) is 0 Å². The number of hydrogen-bond donors (Lipinski definition) is 0. The predicted octanol–water partition coefficient (Wildman–Crippen LogP) is 5.47. The number of hydrogen-bond acceptors (Lipinski definition) is 6. The maximum Gasteiger partial charge on any atom is 0.342 e. The lowest BCUT2D eigenvalue weighted by Gasteiger charge is -2.28. The molecule has 0 N–H and O–H groups in total. The summed E-state index contributed by atoms with van der Waals surface area (Å²) in [5.41, 5.74) is 0.598. The fraction of sp³-hybridized carbons (Fsp3) is 0.417. The Morgan fingerprint density at radius 2 is 1.12 bits per heavy atom. The number of nitrogens with zero attached hydrogens (tertiary/aromatic N) is 2. The van der Waals surface area contributed by atoms with Gasteiger partial charge in [-0.05, 0) is 37.1 Å². The first-order chi connectivity index (χ1) is 15.2. The Morgan fingerprint density at radius 1 is 0.750 bits per heavy atom. The van der Waals surface area contributed by atoms with Gasteiger partial charge in [0.05, 0.1) is 0 Å². The molecule has 170 valence electrons. The summed E-state index contributed by atoms with van der Waals surface area (Å²) in [6, 6.07) is 7.60. The second-order valence-corrected chi connectivity index (χ2v) is 10.4. The van der Waals surface area contributed by atoms with Crippen molar-refractivity contribution >= 4 is 16.3 Å². The zero-order chi connectivity index (χ0) is 23.2. The third kappa shape index (κ3) is 6.62. The average molecular weight is 472 g/mol. The van der Waals surface area contributed by atoms with Gasteiger partial charge in [-0.3, -0.25) is 0 Å². The Hall–Kier alpha value is -1.78. The van der Waals surface area contributed by atoms with E-state index in [1.54, 1.807) is 0 Å². The van der Waals surface area contributed by atoms with E-state index in [2.05, 4.69) is 9.49 Å². The highest BCUT2D eigenvalue weighted by Gasteiger charge is 2.35. The average Bonchev–Trinajstić information content (AvgIpc) is 2.76. The van der Waals surface area contributed by atoms with E-state index in [0.717, 1.165) is 11.1 Å². The topological polar surface area (TPSA) is 89.3 Å². The Kier molecular flexibility index (Phi) is 8.46. The van der Waals surface area contributed by atoms with E-state index in [1.165, 1.54) is 0 Å². The fourth-order valence-electron chi connectivity index (χ4n) is 3.29. The highest BCUT2D eigenvalue weighted by atomic mass is 31.1.